The van der Waals surface area contributed by atoms with Gasteiger partial charge in [0, 0.05) is 36.1 Å². The minimum atomic E-state index is -0.822. The molecule has 2 aromatic rings. The molecule has 0 aromatic heterocycles. The van der Waals surface area contributed by atoms with Crippen molar-refractivity contribution in [2.75, 3.05) is 26.2 Å². The Balaban J connectivity index is 1.33. The number of halogens is 1. The molecule has 0 fully saturated rings. The van der Waals surface area contributed by atoms with Crippen LogP contribution in [0.25, 0.3) is 0 Å². The molecule has 0 unspecified atom stereocenters. The number of carbonyl (C=O) groups is 5. The molecule has 10 nitrogen and oxygen atoms in total. The lowest BCUT2D eigenvalue weighted by Gasteiger charge is -2.13. The highest BCUT2D eigenvalue weighted by Gasteiger charge is 2.35. The quantitative estimate of drug-likeness (QED) is 0.203. The molecule has 35 heavy (non-hydrogen) atoms. The number of hydrogen-bond donors (Lipinski definition) is 2. The van der Waals surface area contributed by atoms with Crippen molar-refractivity contribution in [1.82, 2.24) is 15.5 Å². The van der Waals surface area contributed by atoms with E-state index >= 15 is 0 Å². The number of amides is 4. The van der Waals surface area contributed by atoms with Crippen molar-refractivity contribution in [3.8, 4) is 5.75 Å². The predicted molar refractivity (Wildman–Crippen MR) is 128 cm³/mol. The monoisotopic (exact) mass is 545 g/mol. The molecule has 4 amide bonds. The van der Waals surface area contributed by atoms with Crippen molar-refractivity contribution in [2.45, 2.75) is 19.8 Å². The number of carbonyl (C=O) groups excluding carboxylic acids is 5. The molecule has 0 radical (unpaired) electrons. The highest BCUT2D eigenvalue weighted by atomic mass is 79.9. The summed E-state index contributed by atoms with van der Waals surface area (Å²) in [7, 11) is 0. The first-order valence-electron chi connectivity index (χ1n) is 11.0. The van der Waals surface area contributed by atoms with Crippen LogP contribution in [-0.4, -0.2) is 60.9 Å². The molecule has 0 saturated heterocycles. The average molecular weight is 546 g/mol. The number of nitrogens with zero attached hydrogens (tertiary/aromatic N) is 1. The second-order valence-corrected chi connectivity index (χ2v) is 8.39. The highest BCUT2D eigenvalue weighted by molar-refractivity contribution is 9.10. The Bertz CT molecular complexity index is 1130. The van der Waals surface area contributed by atoms with Gasteiger partial charge in [0.05, 0.1) is 17.7 Å². The van der Waals surface area contributed by atoms with Gasteiger partial charge in [0.25, 0.3) is 17.7 Å². The molecule has 1 aliphatic heterocycles. The van der Waals surface area contributed by atoms with Gasteiger partial charge in [0.15, 0.2) is 0 Å². The van der Waals surface area contributed by atoms with Crippen LogP contribution in [-0.2, 0) is 9.53 Å². The number of benzene rings is 2. The first-order chi connectivity index (χ1) is 16.8. The lowest BCUT2D eigenvalue weighted by Crippen LogP contribution is -2.35. The minimum Gasteiger partial charge on any atom is -0.434 e. The number of nitrogens with one attached hydrogen (secondary N) is 2. The third kappa shape index (κ3) is 6.89. The SMILES string of the molecule is CCOC(=O)Oc1ccc(C(=O)NCCNC(=O)CCCN2C(=O)c3ccc(Br)cc3C2=O)cc1. The van der Waals surface area contributed by atoms with Gasteiger partial charge in [0.2, 0.25) is 5.91 Å². The molecule has 1 heterocycles. The zero-order valence-corrected chi connectivity index (χ0v) is 20.6. The topological polar surface area (TPSA) is 131 Å². The van der Waals surface area contributed by atoms with E-state index in [1.165, 1.54) is 24.3 Å². The van der Waals surface area contributed by atoms with Gasteiger partial charge in [0.1, 0.15) is 5.75 Å². The average Bonchev–Trinajstić information content (AvgIpc) is 3.06. The summed E-state index contributed by atoms with van der Waals surface area (Å²) < 4.78 is 10.3. The van der Waals surface area contributed by atoms with Crippen molar-refractivity contribution in [2.24, 2.45) is 0 Å². The van der Waals surface area contributed by atoms with Crippen LogP contribution in [0.2, 0.25) is 0 Å². The van der Waals surface area contributed by atoms with Crippen LogP contribution in [0, 0.1) is 0 Å². The number of hydrogen-bond acceptors (Lipinski definition) is 7. The summed E-state index contributed by atoms with van der Waals surface area (Å²) in [5.41, 5.74) is 1.07. The van der Waals surface area contributed by atoms with Gasteiger partial charge in [-0.25, -0.2) is 4.79 Å². The zero-order chi connectivity index (χ0) is 25.4. The largest absolute Gasteiger partial charge is 0.513 e. The molecule has 11 heteroatoms. The molecule has 0 bridgehead atoms. The van der Waals surface area contributed by atoms with Crippen LogP contribution >= 0.6 is 15.9 Å². The van der Waals surface area contributed by atoms with Crippen LogP contribution in [0.1, 0.15) is 50.8 Å². The van der Waals surface area contributed by atoms with Crippen molar-refractivity contribution in [3.63, 3.8) is 0 Å². The molecule has 184 valence electrons. The maximum Gasteiger partial charge on any atom is 0.513 e. The van der Waals surface area contributed by atoms with E-state index in [1.54, 1.807) is 25.1 Å². The maximum absolute atomic E-state index is 12.4. The van der Waals surface area contributed by atoms with E-state index in [4.69, 9.17) is 4.74 Å². The minimum absolute atomic E-state index is 0.132. The Morgan fingerprint density at radius 1 is 0.943 bits per heavy atom. The second kappa shape index (κ2) is 12.1. The molecule has 2 aromatic carbocycles. The Morgan fingerprint density at radius 3 is 2.34 bits per heavy atom. The van der Waals surface area contributed by atoms with Crippen LogP contribution in [0.4, 0.5) is 4.79 Å². The van der Waals surface area contributed by atoms with Gasteiger partial charge in [-0.15, -0.1) is 0 Å². The van der Waals surface area contributed by atoms with Crippen molar-refractivity contribution >= 4 is 45.7 Å². The van der Waals surface area contributed by atoms with E-state index in [0.717, 1.165) is 4.90 Å². The van der Waals surface area contributed by atoms with Crippen LogP contribution in [0.3, 0.4) is 0 Å². The third-order valence-corrected chi connectivity index (χ3v) is 5.52. The molecular formula is C24H24BrN3O7. The van der Waals surface area contributed by atoms with Gasteiger partial charge < -0.3 is 20.1 Å². The van der Waals surface area contributed by atoms with Gasteiger partial charge in [-0.1, -0.05) is 15.9 Å². The Kier molecular flexibility index (Phi) is 8.96. The normalized spacial score (nSPS) is 12.2. The van der Waals surface area contributed by atoms with Crippen molar-refractivity contribution < 1.29 is 33.4 Å². The fraction of sp³-hybridized carbons (Fsp3) is 0.292. The third-order valence-electron chi connectivity index (χ3n) is 5.03. The molecule has 0 saturated carbocycles. The smallest absolute Gasteiger partial charge is 0.434 e. The fourth-order valence-corrected chi connectivity index (χ4v) is 3.71. The summed E-state index contributed by atoms with van der Waals surface area (Å²) in [6, 6.07) is 10.9. The van der Waals surface area contributed by atoms with E-state index in [9.17, 15) is 24.0 Å². The molecule has 0 aliphatic carbocycles. The summed E-state index contributed by atoms with van der Waals surface area (Å²) in [4.78, 5) is 61.5. The van der Waals surface area contributed by atoms with E-state index in [-0.39, 0.29) is 62.0 Å². The van der Waals surface area contributed by atoms with E-state index in [1.807, 2.05) is 0 Å². The van der Waals surface area contributed by atoms with Crippen LogP contribution in [0.15, 0.2) is 46.9 Å². The van der Waals surface area contributed by atoms with Gasteiger partial charge in [-0.05, 0) is 55.8 Å². The first-order valence-corrected chi connectivity index (χ1v) is 11.7. The van der Waals surface area contributed by atoms with Crippen molar-refractivity contribution in [1.29, 1.82) is 0 Å². The second-order valence-electron chi connectivity index (χ2n) is 7.47. The predicted octanol–water partition coefficient (Wildman–Crippen LogP) is 2.91. The Morgan fingerprint density at radius 2 is 1.63 bits per heavy atom. The summed E-state index contributed by atoms with van der Waals surface area (Å²) in [6.45, 7) is 2.42. The Labute approximate surface area is 210 Å². The number of rotatable bonds is 10. The molecule has 3 rings (SSSR count). The molecular weight excluding hydrogens is 522 g/mol. The van der Waals surface area contributed by atoms with Crippen LogP contribution < -0.4 is 15.4 Å². The first kappa shape index (κ1) is 25.9. The maximum atomic E-state index is 12.4. The number of ether oxygens (including phenoxy) is 2. The van der Waals surface area contributed by atoms with Gasteiger partial charge >= 0.3 is 6.16 Å². The molecule has 1 aliphatic rings. The van der Waals surface area contributed by atoms with Gasteiger partial charge in [-0.3, -0.25) is 24.1 Å². The lowest BCUT2D eigenvalue weighted by atomic mass is 10.1. The standard InChI is InChI=1S/C24H24BrN3O7/c1-2-34-24(33)35-17-8-5-15(6-9-17)21(30)27-12-11-26-20(29)4-3-13-28-22(31)18-10-7-16(25)14-19(18)23(28)32/h5-10,14H,2-4,11-13H2,1H3,(H,26,29)(H,27,30). The van der Waals surface area contributed by atoms with E-state index < -0.39 is 6.16 Å². The molecule has 0 atom stereocenters. The lowest BCUT2D eigenvalue weighted by molar-refractivity contribution is -0.121. The molecule has 2 N–H and O–H groups in total. The van der Waals surface area contributed by atoms with Crippen LogP contribution in [0.5, 0.6) is 5.75 Å². The van der Waals surface area contributed by atoms with E-state index in [0.29, 0.717) is 27.6 Å². The summed E-state index contributed by atoms with van der Waals surface area (Å²) >= 11 is 3.29. The number of imide groups is 1. The van der Waals surface area contributed by atoms with E-state index in [2.05, 4.69) is 31.3 Å². The summed E-state index contributed by atoms with van der Waals surface area (Å²) in [5, 5.41) is 5.36. The van der Waals surface area contributed by atoms with Gasteiger partial charge in [-0.2, -0.15) is 0 Å². The Hall–Kier alpha value is -3.73. The highest BCUT2D eigenvalue weighted by Crippen LogP contribution is 2.26. The summed E-state index contributed by atoms with van der Waals surface area (Å²) in [5.74, 6) is -1.07. The zero-order valence-electron chi connectivity index (χ0n) is 19.0. The van der Waals surface area contributed by atoms with Crippen molar-refractivity contribution in [3.05, 3.63) is 63.6 Å². The molecule has 0 spiro atoms. The number of fused-ring (bicyclic) bond motifs is 1. The fourth-order valence-electron chi connectivity index (χ4n) is 3.35. The summed E-state index contributed by atoms with van der Waals surface area (Å²) in [6.07, 6.45) is -0.365.